The molecule has 1 aliphatic heterocycles. The second-order valence-corrected chi connectivity index (χ2v) is 11.4. The van der Waals surface area contributed by atoms with Crippen LogP contribution in [0.15, 0.2) is 48.5 Å². The molecule has 0 saturated heterocycles. The van der Waals surface area contributed by atoms with Gasteiger partial charge in [0.1, 0.15) is 47.2 Å². The minimum absolute atomic E-state index is 0.0462. The second kappa shape index (κ2) is 11.2. The number of rotatable bonds is 9. The van der Waals surface area contributed by atoms with E-state index in [2.05, 4.69) is 20.5 Å². The second-order valence-electron chi connectivity index (χ2n) is 11.4. The number of fused-ring (bicyclic) bond motifs is 2. The van der Waals surface area contributed by atoms with Gasteiger partial charge in [-0.25, -0.2) is 13.8 Å². The van der Waals surface area contributed by atoms with Crippen LogP contribution >= 0.6 is 0 Å². The topological polar surface area (TPSA) is 150 Å². The van der Waals surface area contributed by atoms with Gasteiger partial charge in [0.25, 0.3) is 5.91 Å². The van der Waals surface area contributed by atoms with Crippen LogP contribution in [0.25, 0.3) is 22.2 Å². The summed E-state index contributed by atoms with van der Waals surface area (Å²) in [6, 6.07) is 9.45. The van der Waals surface area contributed by atoms with Crippen LogP contribution in [0.4, 0.5) is 22.0 Å². The molecule has 2 amide bonds. The zero-order chi connectivity index (χ0) is 33.0. The number of hydrogen-bond acceptors (Lipinski definition) is 8. The van der Waals surface area contributed by atoms with Gasteiger partial charge in [0.2, 0.25) is 11.5 Å². The minimum Gasteiger partial charge on any atom is -0.489 e. The molecule has 4 N–H and O–H groups in total. The number of amides is 2. The number of aliphatic hydroxyl groups is 1. The predicted molar refractivity (Wildman–Crippen MR) is 152 cm³/mol. The number of carbonyl (C=O) groups is 2. The number of carbonyl (C=O) groups excluding carboxylic acids is 2. The highest BCUT2D eigenvalue weighted by Gasteiger charge is 2.58. The summed E-state index contributed by atoms with van der Waals surface area (Å²) in [5, 5.41) is 22.0. The Balaban J connectivity index is 1.42. The molecular weight excluding hydrogens is 617 g/mol. The van der Waals surface area contributed by atoms with Gasteiger partial charge in [0.15, 0.2) is 0 Å². The quantitative estimate of drug-likeness (QED) is 0.232. The smallest absolute Gasteiger partial charge is 0.424 e. The van der Waals surface area contributed by atoms with Crippen molar-refractivity contribution >= 4 is 22.7 Å². The first-order chi connectivity index (χ1) is 21.8. The van der Waals surface area contributed by atoms with Gasteiger partial charge >= 0.3 is 6.18 Å². The van der Waals surface area contributed by atoms with E-state index in [4.69, 9.17) is 15.2 Å². The van der Waals surface area contributed by atoms with Gasteiger partial charge in [-0.15, -0.1) is 5.10 Å². The average molecular weight is 644 g/mol. The Morgan fingerprint density at radius 2 is 1.85 bits per heavy atom. The van der Waals surface area contributed by atoms with Crippen molar-refractivity contribution in [1.29, 1.82) is 0 Å². The van der Waals surface area contributed by atoms with Gasteiger partial charge in [-0.3, -0.25) is 9.59 Å². The maximum absolute atomic E-state index is 14.8. The van der Waals surface area contributed by atoms with E-state index in [9.17, 15) is 36.6 Å². The zero-order valence-electron chi connectivity index (χ0n) is 24.1. The molecule has 15 heteroatoms. The summed E-state index contributed by atoms with van der Waals surface area (Å²) in [6.45, 7) is -1.84. The summed E-state index contributed by atoms with van der Waals surface area (Å²) < 4.78 is 83.8. The van der Waals surface area contributed by atoms with E-state index in [0.29, 0.717) is 22.7 Å². The number of benzene rings is 2. The number of halogens is 5. The van der Waals surface area contributed by atoms with Crippen LogP contribution in [0, 0.1) is 12.7 Å². The Morgan fingerprint density at radius 1 is 1.13 bits per heavy atom. The number of nitrogens with two attached hydrogens (primary N) is 1. The molecular formula is C31H26F5N5O5. The average Bonchev–Trinajstić information content (AvgIpc) is 3.75. The summed E-state index contributed by atoms with van der Waals surface area (Å²) in [5.74, 6) is -2.90. The Hall–Kier alpha value is -4.92. The Morgan fingerprint density at radius 3 is 2.48 bits per heavy atom. The third-order valence-corrected chi connectivity index (χ3v) is 8.02. The first-order valence-corrected chi connectivity index (χ1v) is 14.1. The van der Waals surface area contributed by atoms with E-state index in [-0.39, 0.29) is 40.0 Å². The van der Waals surface area contributed by atoms with Crippen molar-refractivity contribution in [2.24, 2.45) is 5.73 Å². The molecule has 4 aromatic rings. The van der Waals surface area contributed by atoms with Gasteiger partial charge in [-0.2, -0.15) is 18.3 Å². The number of hydrogen-bond donors (Lipinski definition) is 3. The van der Waals surface area contributed by atoms with Crippen LogP contribution in [0.3, 0.4) is 0 Å². The molecule has 1 saturated carbocycles. The fraction of sp³-hybridized carbons (Fsp3) is 0.323. The Labute approximate surface area is 257 Å². The number of alkyl halides is 4. The lowest BCUT2D eigenvalue weighted by molar-refractivity contribution is -0.265. The van der Waals surface area contributed by atoms with Crippen LogP contribution in [0.2, 0.25) is 0 Å². The van der Waals surface area contributed by atoms with Crippen molar-refractivity contribution in [1.82, 2.24) is 20.5 Å². The number of aromatic nitrogens is 3. The number of nitrogens with zero attached hydrogens (tertiary/aromatic N) is 3. The van der Waals surface area contributed by atoms with E-state index in [1.165, 1.54) is 24.3 Å². The fourth-order valence-electron chi connectivity index (χ4n) is 5.17. The molecule has 0 spiro atoms. The zero-order valence-corrected chi connectivity index (χ0v) is 24.1. The van der Waals surface area contributed by atoms with Crippen LogP contribution in [-0.2, 0) is 15.8 Å². The van der Waals surface area contributed by atoms with Gasteiger partial charge in [0.05, 0.1) is 24.0 Å². The number of primary amides is 1. The van der Waals surface area contributed by atoms with E-state index in [0.717, 1.165) is 25.0 Å². The van der Waals surface area contributed by atoms with Crippen LogP contribution < -0.4 is 20.5 Å². The van der Waals surface area contributed by atoms with Gasteiger partial charge < -0.3 is 25.6 Å². The molecule has 6 rings (SSSR count). The molecule has 46 heavy (non-hydrogen) atoms. The molecule has 2 aliphatic rings. The lowest BCUT2D eigenvalue weighted by Crippen LogP contribution is -2.52. The fourth-order valence-corrected chi connectivity index (χ4v) is 5.17. The number of nitrogens with one attached hydrogen (secondary N) is 1. The molecule has 0 radical (unpaired) electrons. The number of ether oxygens (including phenoxy) is 2. The predicted octanol–water partition coefficient (Wildman–Crippen LogP) is 3.95. The SMILES string of the molecule is Cc1cc2cc(C(=O)NC[C@](O)(c3cc4c(c(-c5ccc(F)cc5)n3)OC[C@]4(CF)C(N)=O)C(F)(F)F)cc(OC3CC3)c2nn1. The first kappa shape index (κ1) is 31.1. The van der Waals surface area contributed by atoms with Gasteiger partial charge in [-0.05, 0) is 68.3 Å². The summed E-state index contributed by atoms with van der Waals surface area (Å²) >= 11 is 0. The van der Waals surface area contributed by atoms with E-state index >= 15 is 0 Å². The van der Waals surface area contributed by atoms with Crippen molar-refractivity contribution in [3.05, 3.63) is 76.9 Å². The maximum Gasteiger partial charge on any atom is 0.424 e. The van der Waals surface area contributed by atoms with Crippen molar-refractivity contribution in [2.45, 2.75) is 43.1 Å². The molecule has 240 valence electrons. The number of pyridine rings is 1. The lowest BCUT2D eigenvalue weighted by Gasteiger charge is -2.31. The van der Waals surface area contributed by atoms with Crippen LogP contribution in [-0.4, -0.2) is 64.2 Å². The van der Waals surface area contributed by atoms with E-state index in [1.807, 2.05) is 0 Å². The lowest BCUT2D eigenvalue weighted by atomic mass is 9.81. The molecule has 10 nitrogen and oxygen atoms in total. The van der Waals surface area contributed by atoms with Crippen molar-refractivity contribution < 1.29 is 46.1 Å². The minimum atomic E-state index is -5.46. The third-order valence-electron chi connectivity index (χ3n) is 8.02. The largest absolute Gasteiger partial charge is 0.489 e. The summed E-state index contributed by atoms with van der Waals surface area (Å²) in [7, 11) is 0. The molecule has 2 aromatic heterocycles. The molecule has 3 heterocycles. The standard InChI is InChI=1S/C31H26F5N5O5/c1-15-8-17-9-18(10-22(24(17)41-40-15)46-20-6-7-20)27(42)38-13-30(44,31(34,35)36)23-11-21-26(45-14-29(21,12-32)28(37)43)25(39-23)16-2-4-19(33)5-3-16/h2-5,8-11,20,44H,6-7,12-14H2,1H3,(H2,37,43)(H,38,42)/t29-,30-/m0/s1. The monoisotopic (exact) mass is 643 g/mol. The van der Waals surface area contributed by atoms with Gasteiger partial charge in [0, 0.05) is 22.1 Å². The molecule has 0 unspecified atom stereocenters. The molecule has 1 aliphatic carbocycles. The Bertz CT molecular complexity index is 1870. The van der Waals surface area contributed by atoms with Crippen molar-refractivity contribution in [2.75, 3.05) is 19.8 Å². The van der Waals surface area contributed by atoms with Crippen molar-refractivity contribution in [3.8, 4) is 22.8 Å². The highest BCUT2D eigenvalue weighted by molar-refractivity contribution is 6.00. The Kier molecular flexibility index (Phi) is 7.54. The summed E-state index contributed by atoms with van der Waals surface area (Å²) in [4.78, 5) is 29.8. The molecule has 2 aromatic carbocycles. The maximum atomic E-state index is 14.8. The highest BCUT2D eigenvalue weighted by Crippen LogP contribution is 2.48. The van der Waals surface area contributed by atoms with E-state index < -0.39 is 60.3 Å². The number of aryl methyl sites for hydroxylation is 1. The normalized spacial score (nSPS) is 18.8. The molecule has 2 atom stereocenters. The van der Waals surface area contributed by atoms with Gasteiger partial charge in [-0.1, -0.05) is 0 Å². The van der Waals surface area contributed by atoms with Crippen LogP contribution in [0.5, 0.6) is 11.5 Å². The van der Waals surface area contributed by atoms with Crippen LogP contribution in [0.1, 0.15) is 40.2 Å². The molecule has 1 fully saturated rings. The first-order valence-electron chi connectivity index (χ1n) is 14.1. The highest BCUT2D eigenvalue weighted by atomic mass is 19.4. The van der Waals surface area contributed by atoms with E-state index in [1.54, 1.807) is 13.0 Å². The molecule has 0 bridgehead atoms. The third kappa shape index (κ3) is 5.33. The summed E-state index contributed by atoms with van der Waals surface area (Å²) in [5.41, 5.74) is -1.50. The van der Waals surface area contributed by atoms with Crippen molar-refractivity contribution in [3.63, 3.8) is 0 Å². The summed E-state index contributed by atoms with van der Waals surface area (Å²) in [6.07, 6.45) is -3.98.